The van der Waals surface area contributed by atoms with Crippen LogP contribution < -0.4 is 4.74 Å². The number of aliphatic carboxylic acids is 1. The van der Waals surface area contributed by atoms with Crippen molar-refractivity contribution >= 4 is 5.97 Å². The molecule has 130 valence electrons. The molecule has 0 fully saturated rings. The Morgan fingerprint density at radius 1 is 1.29 bits per heavy atom. The topological polar surface area (TPSA) is 66.8 Å². The summed E-state index contributed by atoms with van der Waals surface area (Å²) in [5.41, 5.74) is 1.66. The van der Waals surface area contributed by atoms with E-state index in [0.29, 0.717) is 17.7 Å². The van der Waals surface area contributed by atoms with Gasteiger partial charge in [-0.1, -0.05) is 26.8 Å². The van der Waals surface area contributed by atoms with Gasteiger partial charge in [-0.15, -0.1) is 0 Å². The third kappa shape index (κ3) is 2.68. The van der Waals surface area contributed by atoms with E-state index in [9.17, 15) is 15.0 Å². The van der Waals surface area contributed by atoms with Crippen LogP contribution in [-0.4, -0.2) is 21.8 Å². The molecule has 2 aliphatic rings. The van der Waals surface area contributed by atoms with Crippen LogP contribution in [-0.2, 0) is 10.2 Å². The van der Waals surface area contributed by atoms with Gasteiger partial charge in [0.1, 0.15) is 17.1 Å². The Kier molecular flexibility index (Phi) is 3.70. The first-order valence-corrected chi connectivity index (χ1v) is 8.51. The first-order chi connectivity index (χ1) is 11.0. The molecule has 1 aliphatic carbocycles. The average Bonchev–Trinajstić information content (AvgIpc) is 2.44. The third-order valence-corrected chi connectivity index (χ3v) is 5.40. The summed E-state index contributed by atoms with van der Waals surface area (Å²) in [5, 5.41) is 20.0. The minimum Gasteiger partial charge on any atom is -0.507 e. The maximum atomic E-state index is 11.4. The number of phenolic OH excluding ortho intramolecular Hbond substituents is 1. The second-order valence-electron chi connectivity index (χ2n) is 8.53. The number of fused-ring (bicyclic) bond motifs is 3. The molecule has 2 N–H and O–H groups in total. The average molecular weight is 330 g/mol. The van der Waals surface area contributed by atoms with E-state index in [1.807, 2.05) is 26.0 Å². The number of allylic oxidation sites excluding steroid dienone is 1. The Morgan fingerprint density at radius 3 is 2.54 bits per heavy atom. The van der Waals surface area contributed by atoms with Crippen LogP contribution >= 0.6 is 0 Å². The van der Waals surface area contributed by atoms with Crippen LogP contribution in [0.3, 0.4) is 0 Å². The minimum atomic E-state index is -0.870. The van der Waals surface area contributed by atoms with E-state index in [0.717, 1.165) is 17.5 Å². The van der Waals surface area contributed by atoms with Crippen molar-refractivity contribution in [3.8, 4) is 11.5 Å². The second kappa shape index (κ2) is 5.27. The van der Waals surface area contributed by atoms with Gasteiger partial charge in [-0.3, -0.25) is 0 Å². The molecule has 1 aliphatic heterocycles. The predicted molar refractivity (Wildman–Crippen MR) is 92.7 cm³/mol. The van der Waals surface area contributed by atoms with Crippen LogP contribution in [0.25, 0.3) is 0 Å². The van der Waals surface area contributed by atoms with E-state index in [2.05, 4.69) is 20.8 Å². The largest absolute Gasteiger partial charge is 0.507 e. The third-order valence-electron chi connectivity index (χ3n) is 5.40. The molecule has 1 aromatic rings. The van der Waals surface area contributed by atoms with E-state index in [1.54, 1.807) is 6.07 Å². The van der Waals surface area contributed by atoms with Gasteiger partial charge in [-0.25, -0.2) is 4.79 Å². The van der Waals surface area contributed by atoms with E-state index in [1.165, 1.54) is 0 Å². The number of aromatic hydroxyl groups is 1. The number of hydrogen-bond acceptors (Lipinski definition) is 3. The molecule has 24 heavy (non-hydrogen) atoms. The summed E-state index contributed by atoms with van der Waals surface area (Å²) < 4.78 is 6.26. The van der Waals surface area contributed by atoms with Gasteiger partial charge >= 0.3 is 5.97 Å². The zero-order valence-corrected chi connectivity index (χ0v) is 15.0. The summed E-state index contributed by atoms with van der Waals surface area (Å²) in [4.78, 5) is 11.4. The van der Waals surface area contributed by atoms with Crippen molar-refractivity contribution in [1.82, 2.24) is 0 Å². The highest BCUT2D eigenvalue weighted by Crippen LogP contribution is 2.54. The number of carboxylic acids is 1. The Bertz CT molecular complexity index is 722. The Labute approximate surface area is 143 Å². The highest BCUT2D eigenvalue weighted by molar-refractivity contribution is 5.87. The van der Waals surface area contributed by atoms with Crippen LogP contribution in [0.1, 0.15) is 64.5 Å². The van der Waals surface area contributed by atoms with Gasteiger partial charge < -0.3 is 14.9 Å². The lowest BCUT2D eigenvalue weighted by molar-refractivity contribution is -0.133. The van der Waals surface area contributed by atoms with Crippen molar-refractivity contribution in [3.63, 3.8) is 0 Å². The molecule has 0 aromatic heterocycles. The van der Waals surface area contributed by atoms with Gasteiger partial charge in [0.15, 0.2) is 0 Å². The summed E-state index contributed by atoms with van der Waals surface area (Å²) >= 11 is 0. The monoisotopic (exact) mass is 330 g/mol. The fraction of sp³-hybridized carbons (Fsp3) is 0.550. The standard InChI is InChI=1S/C20H26O4/c1-19(2,3)12-9-15(21)17-13-8-11(18(22)23)6-7-14(13)20(4,5)24-16(17)10-12/h8-10,13-14,21H,6-7H2,1-5H3,(H,22,23)/t13-,14-/m1/s1. The van der Waals surface area contributed by atoms with Crippen molar-refractivity contribution in [2.24, 2.45) is 5.92 Å². The normalized spacial score (nSPS) is 25.1. The quantitative estimate of drug-likeness (QED) is 0.802. The Hall–Kier alpha value is -1.97. The highest BCUT2D eigenvalue weighted by atomic mass is 16.5. The summed E-state index contributed by atoms with van der Waals surface area (Å²) in [6.07, 6.45) is 3.10. The maximum Gasteiger partial charge on any atom is 0.331 e. The van der Waals surface area contributed by atoms with Crippen molar-refractivity contribution in [3.05, 3.63) is 34.9 Å². The van der Waals surface area contributed by atoms with Crippen LogP contribution in [0.5, 0.6) is 11.5 Å². The van der Waals surface area contributed by atoms with E-state index >= 15 is 0 Å². The summed E-state index contributed by atoms with van der Waals surface area (Å²) in [6.45, 7) is 10.4. The minimum absolute atomic E-state index is 0.106. The van der Waals surface area contributed by atoms with Gasteiger partial charge in [0.2, 0.25) is 0 Å². The number of phenols is 1. The molecular weight excluding hydrogens is 304 g/mol. The fourth-order valence-electron chi connectivity index (χ4n) is 3.97. The number of hydrogen-bond donors (Lipinski definition) is 2. The molecule has 1 heterocycles. The molecule has 4 heteroatoms. The first kappa shape index (κ1) is 16.9. The van der Waals surface area contributed by atoms with Crippen molar-refractivity contribution in [1.29, 1.82) is 0 Å². The molecular formula is C20H26O4. The molecule has 3 rings (SSSR count). The van der Waals surface area contributed by atoms with Gasteiger partial charge in [-0.05, 0) is 49.8 Å². The first-order valence-electron chi connectivity index (χ1n) is 8.51. The summed E-state index contributed by atoms with van der Waals surface area (Å²) in [7, 11) is 0. The van der Waals surface area contributed by atoms with Crippen LogP contribution in [0.2, 0.25) is 0 Å². The van der Waals surface area contributed by atoms with Crippen molar-refractivity contribution in [2.45, 2.75) is 64.4 Å². The molecule has 0 radical (unpaired) electrons. The van der Waals surface area contributed by atoms with Gasteiger partial charge in [0, 0.05) is 23.0 Å². The SMILES string of the molecule is CC(C)(C)c1cc(O)c2c(c1)OC(C)(C)[C@@H]1CCC(C(=O)O)=C[C@@H]21. The zero-order chi connectivity index (χ0) is 17.9. The molecule has 0 spiro atoms. The number of carboxylic acid groups (broad SMARTS) is 1. The Balaban J connectivity index is 2.19. The van der Waals surface area contributed by atoms with Crippen LogP contribution in [0.15, 0.2) is 23.8 Å². The number of carbonyl (C=O) groups is 1. The van der Waals surface area contributed by atoms with Crippen molar-refractivity contribution in [2.75, 3.05) is 0 Å². The summed E-state index contributed by atoms with van der Waals surface area (Å²) in [6, 6.07) is 3.79. The molecule has 0 saturated carbocycles. The molecule has 0 bridgehead atoms. The molecule has 2 atom stereocenters. The Morgan fingerprint density at radius 2 is 1.96 bits per heavy atom. The lowest BCUT2D eigenvalue weighted by Crippen LogP contribution is -2.45. The molecule has 0 unspecified atom stereocenters. The summed E-state index contributed by atoms with van der Waals surface area (Å²) in [5.74, 6) is 0.0297. The number of ether oxygens (including phenoxy) is 1. The zero-order valence-electron chi connectivity index (χ0n) is 15.0. The van der Waals surface area contributed by atoms with Gasteiger partial charge in [0.25, 0.3) is 0 Å². The molecule has 1 aromatic carbocycles. The number of benzene rings is 1. The lowest BCUT2D eigenvalue weighted by atomic mass is 9.67. The smallest absolute Gasteiger partial charge is 0.331 e. The van der Waals surface area contributed by atoms with Gasteiger partial charge in [-0.2, -0.15) is 0 Å². The molecule has 4 nitrogen and oxygen atoms in total. The lowest BCUT2D eigenvalue weighted by Gasteiger charge is -2.46. The van der Waals surface area contributed by atoms with Crippen molar-refractivity contribution < 1.29 is 19.7 Å². The molecule has 0 amide bonds. The number of rotatable bonds is 1. The fourth-order valence-corrected chi connectivity index (χ4v) is 3.97. The van der Waals surface area contributed by atoms with Gasteiger partial charge in [0.05, 0.1) is 0 Å². The molecule has 0 saturated heterocycles. The highest BCUT2D eigenvalue weighted by Gasteiger charge is 2.46. The predicted octanol–water partition coefficient (Wildman–Crippen LogP) is 4.37. The van der Waals surface area contributed by atoms with E-state index < -0.39 is 11.6 Å². The van der Waals surface area contributed by atoms with Crippen LogP contribution in [0, 0.1) is 5.92 Å². The second-order valence-corrected chi connectivity index (χ2v) is 8.53. The van der Waals surface area contributed by atoms with Crippen LogP contribution in [0.4, 0.5) is 0 Å². The van der Waals surface area contributed by atoms with E-state index in [4.69, 9.17) is 4.74 Å². The maximum absolute atomic E-state index is 11.4. The van der Waals surface area contributed by atoms with E-state index in [-0.39, 0.29) is 23.0 Å².